The normalized spacial score (nSPS) is 10.6. The Morgan fingerprint density at radius 3 is 1.61 bits per heavy atom. The van der Waals surface area contributed by atoms with E-state index < -0.39 is 0 Å². The summed E-state index contributed by atoms with van der Waals surface area (Å²) in [5, 5.41) is 5.52. The minimum Gasteiger partial charge on any atom is -0.265 e. The lowest BCUT2D eigenvalue weighted by atomic mass is 10.0. The van der Waals surface area contributed by atoms with Crippen molar-refractivity contribution in [3.05, 3.63) is 143 Å². The van der Waals surface area contributed by atoms with E-state index in [0.717, 1.165) is 21.7 Å². The van der Waals surface area contributed by atoms with Gasteiger partial charge < -0.3 is 0 Å². The molecule has 0 unspecified atom stereocenters. The lowest BCUT2D eigenvalue weighted by molar-refractivity contribution is 0.814. The van der Waals surface area contributed by atoms with E-state index in [0.29, 0.717) is 29.6 Å². The second kappa shape index (κ2) is 21.7. The summed E-state index contributed by atoms with van der Waals surface area (Å²) in [5.74, 6) is 2.85. The van der Waals surface area contributed by atoms with Crippen LogP contribution in [0, 0.1) is 0 Å². The second-order valence-corrected chi connectivity index (χ2v) is 15.3. The van der Waals surface area contributed by atoms with Crippen LogP contribution in [-0.4, -0.2) is 29.9 Å². The van der Waals surface area contributed by atoms with Crippen LogP contribution in [0.5, 0.6) is 0 Å². The van der Waals surface area contributed by atoms with E-state index in [1.807, 2.05) is 67.4 Å². The van der Waals surface area contributed by atoms with Crippen LogP contribution in [0.1, 0.15) is 127 Å². The molecule has 0 aliphatic heterocycles. The zero-order valence-corrected chi connectivity index (χ0v) is 33.5. The molecule has 0 saturated heterocycles. The predicted molar refractivity (Wildman–Crippen MR) is 220 cm³/mol. The maximum Gasteiger partial charge on any atom is 0.123 e. The van der Waals surface area contributed by atoms with Crippen LogP contribution in [-0.2, 0) is 0 Å². The molecule has 0 bridgehead atoms. The van der Waals surface area contributed by atoms with Crippen molar-refractivity contribution in [2.45, 2.75) is 98.8 Å². The van der Waals surface area contributed by atoms with Gasteiger partial charge in [-0.05, 0) is 112 Å². The molecule has 0 aliphatic rings. The highest BCUT2D eigenvalue weighted by Crippen LogP contribution is 2.28. The van der Waals surface area contributed by atoms with Gasteiger partial charge in [0.2, 0.25) is 0 Å². The molecule has 0 saturated carbocycles. The van der Waals surface area contributed by atoms with E-state index in [1.165, 1.54) is 26.8 Å². The highest BCUT2D eigenvalue weighted by atomic mass is 32.1. The van der Waals surface area contributed by atoms with E-state index in [9.17, 15) is 0 Å². The van der Waals surface area contributed by atoms with Gasteiger partial charge in [-0.25, -0.2) is 15.0 Å². The van der Waals surface area contributed by atoms with Gasteiger partial charge in [0, 0.05) is 54.0 Å². The third kappa shape index (κ3) is 13.7. The van der Waals surface area contributed by atoms with Gasteiger partial charge >= 0.3 is 0 Å². The van der Waals surface area contributed by atoms with E-state index >= 15 is 0 Å². The summed E-state index contributed by atoms with van der Waals surface area (Å²) in [7, 11) is 0. The molecule has 7 aromatic heterocycles. The first-order valence-corrected chi connectivity index (χ1v) is 19.5. The lowest BCUT2D eigenvalue weighted by Gasteiger charge is -2.05. The van der Waals surface area contributed by atoms with Gasteiger partial charge in [-0.15, -0.1) is 22.7 Å². The van der Waals surface area contributed by atoms with Crippen LogP contribution in [0.2, 0.25) is 0 Å². The Hall–Kier alpha value is -4.40. The summed E-state index contributed by atoms with van der Waals surface area (Å²) < 4.78 is 1.34. The van der Waals surface area contributed by atoms with Crippen LogP contribution in [0.3, 0.4) is 0 Å². The van der Waals surface area contributed by atoms with Gasteiger partial charge in [0.25, 0.3) is 0 Å². The molecule has 0 atom stereocenters. The molecule has 0 aliphatic carbocycles. The first-order chi connectivity index (χ1) is 24.5. The van der Waals surface area contributed by atoms with Crippen LogP contribution in [0.4, 0.5) is 0 Å². The summed E-state index contributed by atoms with van der Waals surface area (Å²) in [6.45, 7) is 21.7. The molecule has 0 fully saturated rings. The summed E-state index contributed by atoms with van der Waals surface area (Å²) in [4.78, 5) is 25.7. The van der Waals surface area contributed by atoms with Crippen LogP contribution >= 0.6 is 22.7 Å². The molecule has 0 N–H and O–H groups in total. The molecule has 51 heavy (non-hydrogen) atoms. The van der Waals surface area contributed by atoms with Crippen LogP contribution in [0.25, 0.3) is 20.4 Å². The van der Waals surface area contributed by atoms with Crippen molar-refractivity contribution in [2.75, 3.05) is 0 Å². The Morgan fingerprint density at radius 1 is 0.451 bits per heavy atom. The highest BCUT2D eigenvalue weighted by molar-refractivity contribution is 7.17. The van der Waals surface area contributed by atoms with Gasteiger partial charge in [0.15, 0.2) is 0 Å². The maximum absolute atomic E-state index is 4.30. The molecular weight excluding hydrogens is 665 g/mol. The fraction of sp³-hybridized carbons (Fsp3) is 0.349. The molecule has 0 aromatic carbocycles. The van der Waals surface area contributed by atoms with Crippen molar-refractivity contribution in [2.24, 2.45) is 0 Å². The van der Waals surface area contributed by atoms with Crippen molar-refractivity contribution >= 4 is 43.1 Å². The molecule has 7 aromatic rings. The number of hydrogen-bond acceptors (Lipinski definition) is 8. The van der Waals surface area contributed by atoms with Crippen molar-refractivity contribution in [3.8, 4) is 0 Å². The molecule has 7 heterocycles. The number of pyridine rings is 4. The van der Waals surface area contributed by atoms with Gasteiger partial charge in [0.1, 0.15) is 11.2 Å². The number of nitrogens with zero attached hydrogens (tertiary/aromatic N) is 6. The third-order valence-electron chi connectivity index (χ3n) is 7.87. The number of rotatable bonds is 5. The largest absolute Gasteiger partial charge is 0.265 e. The molecule has 7 rings (SSSR count). The van der Waals surface area contributed by atoms with Crippen molar-refractivity contribution in [1.82, 2.24) is 29.9 Å². The fourth-order valence-corrected chi connectivity index (χ4v) is 6.64. The van der Waals surface area contributed by atoms with Gasteiger partial charge in [-0.2, -0.15) is 0 Å². The molecule has 6 nitrogen and oxygen atoms in total. The van der Waals surface area contributed by atoms with E-state index in [4.69, 9.17) is 0 Å². The average Bonchev–Trinajstić information content (AvgIpc) is 3.84. The highest BCUT2D eigenvalue weighted by Gasteiger charge is 2.06. The Balaban J connectivity index is 0.000000174. The van der Waals surface area contributed by atoms with Gasteiger partial charge in [0.05, 0.1) is 10.2 Å². The average molecular weight is 719 g/mol. The summed E-state index contributed by atoms with van der Waals surface area (Å²) in [5.41, 5.74) is 7.56. The smallest absolute Gasteiger partial charge is 0.123 e. The zero-order chi connectivity index (χ0) is 37.2. The predicted octanol–water partition coefficient (Wildman–Crippen LogP) is 12.8. The number of fused-ring (bicyclic) bond motifs is 2. The first-order valence-electron chi connectivity index (χ1n) is 17.7. The van der Waals surface area contributed by atoms with Crippen LogP contribution < -0.4 is 0 Å². The summed E-state index contributed by atoms with van der Waals surface area (Å²) >= 11 is 3.49. The quantitative estimate of drug-likeness (QED) is 0.176. The van der Waals surface area contributed by atoms with E-state index in [1.54, 1.807) is 35.2 Å². The van der Waals surface area contributed by atoms with E-state index in [2.05, 4.69) is 134 Å². The van der Waals surface area contributed by atoms with E-state index in [-0.39, 0.29) is 0 Å². The number of hydrogen-bond donors (Lipinski definition) is 0. The van der Waals surface area contributed by atoms with Crippen LogP contribution in [0.15, 0.2) is 115 Å². The zero-order valence-electron chi connectivity index (χ0n) is 31.9. The standard InChI is InChI=1S/2C10H11NS.2C8H11N.C7H10N2/c1-7(2)8-3-5-11-9-4-6-12-10(8)9;1-7(2)8-3-5-11-10-9(8)4-6-12-10;1-7(2)8-3-5-9-6-4-8;1-7(2)8-5-3-4-6-9-8;1-6(2)7-3-4-8-5-9-7/h2*3-7H,1-2H3;2*3-7H,1-2H3;3-6H,1-2H3. The lowest BCUT2D eigenvalue weighted by Crippen LogP contribution is -1.90. The SMILES string of the molecule is CC(C)c1ccccn1.CC(C)c1ccnc2ccsc12.CC(C)c1ccnc2sccc12.CC(C)c1ccncc1.CC(C)c1ccncn1. The number of aromatic nitrogens is 6. The second-order valence-electron chi connectivity index (χ2n) is 13.5. The molecule has 0 spiro atoms. The Kier molecular flexibility index (Phi) is 17.5. The summed E-state index contributed by atoms with van der Waals surface area (Å²) in [6.07, 6.45) is 12.6. The summed E-state index contributed by atoms with van der Waals surface area (Å²) in [6, 6.07) is 20.5. The number of thiophene rings is 2. The molecule has 8 heteroatoms. The molecule has 0 amide bonds. The molecule has 268 valence electrons. The van der Waals surface area contributed by atoms with Crippen molar-refractivity contribution in [1.29, 1.82) is 0 Å². The fourth-order valence-electron chi connectivity index (χ4n) is 4.86. The van der Waals surface area contributed by atoms with Gasteiger partial charge in [-0.1, -0.05) is 75.3 Å². The Morgan fingerprint density at radius 2 is 1.08 bits per heavy atom. The van der Waals surface area contributed by atoms with Crippen molar-refractivity contribution in [3.63, 3.8) is 0 Å². The maximum atomic E-state index is 4.30. The van der Waals surface area contributed by atoms with Crippen molar-refractivity contribution < 1.29 is 0 Å². The van der Waals surface area contributed by atoms with Gasteiger partial charge in [-0.3, -0.25) is 15.0 Å². The Bertz CT molecular complexity index is 1750. The molecule has 0 radical (unpaired) electrons. The minimum absolute atomic E-state index is 0.507. The first kappa shape index (κ1) is 41.0. The minimum atomic E-state index is 0.507. The molecular formula is C43H54N6S2. The third-order valence-corrected chi connectivity index (χ3v) is 9.64. The Labute approximate surface area is 313 Å². The topological polar surface area (TPSA) is 77.3 Å². The monoisotopic (exact) mass is 718 g/mol.